The van der Waals surface area contributed by atoms with Gasteiger partial charge in [-0.3, -0.25) is 14.6 Å². The summed E-state index contributed by atoms with van der Waals surface area (Å²) in [6.07, 6.45) is 2.28. The molecule has 1 aromatic rings. The number of benzene rings is 1. The SMILES string of the molecule is CN1C2CC1CN(Cc1cccc(C=O)c1)C2. The number of aldehydes is 1. The Balaban J connectivity index is 1.65. The van der Waals surface area contributed by atoms with Crippen LogP contribution in [0.15, 0.2) is 24.3 Å². The quantitative estimate of drug-likeness (QED) is 0.733. The molecule has 3 aliphatic heterocycles. The van der Waals surface area contributed by atoms with Crippen LogP contribution in [0.3, 0.4) is 0 Å². The molecule has 90 valence electrons. The average Bonchev–Trinajstić information content (AvgIpc) is 2.38. The van der Waals surface area contributed by atoms with Crippen molar-refractivity contribution in [2.24, 2.45) is 0 Å². The van der Waals surface area contributed by atoms with Crippen molar-refractivity contribution in [2.45, 2.75) is 25.0 Å². The number of likely N-dealkylation sites (N-methyl/N-ethyl adjacent to an activating group) is 1. The van der Waals surface area contributed by atoms with Gasteiger partial charge >= 0.3 is 0 Å². The lowest BCUT2D eigenvalue weighted by atomic mass is 9.88. The summed E-state index contributed by atoms with van der Waals surface area (Å²) in [5.74, 6) is 0. The van der Waals surface area contributed by atoms with E-state index < -0.39 is 0 Å². The number of hydrogen-bond acceptors (Lipinski definition) is 3. The largest absolute Gasteiger partial charge is 0.298 e. The molecule has 1 aromatic carbocycles. The molecule has 2 unspecified atom stereocenters. The maximum absolute atomic E-state index is 10.7. The third kappa shape index (κ3) is 2.01. The zero-order valence-corrected chi connectivity index (χ0v) is 10.2. The fourth-order valence-electron chi connectivity index (χ4n) is 3.04. The first-order valence-electron chi connectivity index (χ1n) is 6.24. The predicted molar refractivity (Wildman–Crippen MR) is 67.1 cm³/mol. The van der Waals surface area contributed by atoms with E-state index >= 15 is 0 Å². The Kier molecular flexibility index (Phi) is 2.73. The van der Waals surface area contributed by atoms with Crippen molar-refractivity contribution in [1.82, 2.24) is 9.80 Å². The van der Waals surface area contributed by atoms with E-state index in [9.17, 15) is 4.79 Å². The van der Waals surface area contributed by atoms with Gasteiger partial charge in [-0.25, -0.2) is 0 Å². The van der Waals surface area contributed by atoms with Crippen molar-refractivity contribution < 1.29 is 4.79 Å². The van der Waals surface area contributed by atoms with E-state index in [4.69, 9.17) is 0 Å². The van der Waals surface area contributed by atoms with E-state index in [2.05, 4.69) is 22.9 Å². The summed E-state index contributed by atoms with van der Waals surface area (Å²) >= 11 is 0. The van der Waals surface area contributed by atoms with Crippen LogP contribution in [-0.4, -0.2) is 48.3 Å². The standard InChI is InChI=1S/C14H18N2O/c1-15-13-6-14(15)9-16(8-13)7-11-3-2-4-12(5-11)10-17/h2-5,10,13-14H,6-9H2,1H3. The topological polar surface area (TPSA) is 23.6 Å². The van der Waals surface area contributed by atoms with E-state index in [-0.39, 0.29) is 0 Å². The lowest BCUT2D eigenvalue weighted by molar-refractivity contribution is -0.0532. The van der Waals surface area contributed by atoms with Crippen LogP contribution in [0.25, 0.3) is 0 Å². The second kappa shape index (κ2) is 4.24. The summed E-state index contributed by atoms with van der Waals surface area (Å²) in [7, 11) is 2.23. The monoisotopic (exact) mass is 230 g/mol. The number of fused-ring (bicyclic) bond motifs is 2. The molecule has 0 radical (unpaired) electrons. The maximum atomic E-state index is 10.7. The Labute approximate surface area is 102 Å². The predicted octanol–water partition coefficient (Wildman–Crippen LogP) is 1.39. The summed E-state index contributed by atoms with van der Waals surface area (Å²) in [6, 6.07) is 9.44. The van der Waals surface area contributed by atoms with Crippen molar-refractivity contribution >= 4 is 6.29 Å². The minimum atomic E-state index is 0.753. The molecule has 0 N–H and O–H groups in total. The summed E-state index contributed by atoms with van der Waals surface area (Å²) in [5, 5.41) is 0. The van der Waals surface area contributed by atoms with Crippen LogP contribution in [0.5, 0.6) is 0 Å². The zero-order valence-electron chi connectivity index (χ0n) is 10.2. The van der Waals surface area contributed by atoms with Crippen LogP contribution in [0.2, 0.25) is 0 Å². The van der Waals surface area contributed by atoms with E-state index in [0.717, 1.165) is 43.6 Å². The Hall–Kier alpha value is -1.19. The number of piperazine rings is 1. The Morgan fingerprint density at radius 3 is 2.76 bits per heavy atom. The van der Waals surface area contributed by atoms with Gasteiger partial charge in [0, 0.05) is 37.3 Å². The number of piperidine rings is 1. The third-order valence-electron chi connectivity index (χ3n) is 4.13. The van der Waals surface area contributed by atoms with Gasteiger partial charge in [0.05, 0.1) is 0 Å². The van der Waals surface area contributed by atoms with E-state index in [1.54, 1.807) is 0 Å². The Morgan fingerprint density at radius 2 is 2.12 bits per heavy atom. The number of carbonyl (C=O) groups is 1. The van der Waals surface area contributed by atoms with Gasteiger partial charge in [-0.1, -0.05) is 18.2 Å². The summed E-state index contributed by atoms with van der Waals surface area (Å²) < 4.78 is 0. The second-order valence-electron chi connectivity index (χ2n) is 5.27. The van der Waals surface area contributed by atoms with Gasteiger partial charge in [0.2, 0.25) is 0 Å². The molecule has 0 aromatic heterocycles. The molecule has 3 saturated heterocycles. The Bertz CT molecular complexity index is 420. The molecule has 2 bridgehead atoms. The second-order valence-corrected chi connectivity index (χ2v) is 5.27. The first-order chi connectivity index (χ1) is 8.26. The van der Waals surface area contributed by atoms with E-state index in [1.165, 1.54) is 12.0 Å². The van der Waals surface area contributed by atoms with Crippen LogP contribution in [0, 0.1) is 0 Å². The van der Waals surface area contributed by atoms with Crippen molar-refractivity contribution in [2.75, 3.05) is 20.1 Å². The molecule has 0 saturated carbocycles. The van der Waals surface area contributed by atoms with Crippen LogP contribution >= 0.6 is 0 Å². The molecule has 0 aliphatic carbocycles. The van der Waals surface area contributed by atoms with Crippen molar-refractivity contribution in [3.05, 3.63) is 35.4 Å². The summed E-state index contributed by atoms with van der Waals surface area (Å²) in [4.78, 5) is 15.7. The highest BCUT2D eigenvalue weighted by Crippen LogP contribution is 2.30. The fraction of sp³-hybridized carbons (Fsp3) is 0.500. The summed E-state index contributed by atoms with van der Waals surface area (Å²) in [5.41, 5.74) is 2.03. The minimum Gasteiger partial charge on any atom is -0.298 e. The van der Waals surface area contributed by atoms with Gasteiger partial charge in [0.15, 0.2) is 0 Å². The van der Waals surface area contributed by atoms with Gasteiger partial charge < -0.3 is 0 Å². The van der Waals surface area contributed by atoms with E-state index in [0.29, 0.717) is 0 Å². The molecule has 3 aliphatic rings. The molecule has 4 rings (SSSR count). The summed E-state index contributed by atoms with van der Waals surface area (Å²) in [6.45, 7) is 3.30. The highest BCUT2D eigenvalue weighted by atomic mass is 16.1. The van der Waals surface area contributed by atoms with Gasteiger partial charge in [0.1, 0.15) is 6.29 Å². The normalized spacial score (nSPS) is 28.8. The van der Waals surface area contributed by atoms with Crippen molar-refractivity contribution in [1.29, 1.82) is 0 Å². The number of hydrogen-bond donors (Lipinski definition) is 0. The molecule has 0 spiro atoms. The first kappa shape index (κ1) is 10.9. The Morgan fingerprint density at radius 1 is 1.35 bits per heavy atom. The lowest BCUT2D eigenvalue weighted by Crippen LogP contribution is -2.66. The molecule has 2 atom stereocenters. The zero-order chi connectivity index (χ0) is 11.8. The van der Waals surface area contributed by atoms with Crippen LogP contribution < -0.4 is 0 Å². The molecular formula is C14H18N2O. The van der Waals surface area contributed by atoms with Crippen LogP contribution in [-0.2, 0) is 6.54 Å². The molecular weight excluding hydrogens is 212 g/mol. The van der Waals surface area contributed by atoms with Gasteiger partial charge in [-0.15, -0.1) is 0 Å². The third-order valence-corrected chi connectivity index (χ3v) is 4.13. The van der Waals surface area contributed by atoms with E-state index in [1.807, 2.05) is 18.2 Å². The smallest absolute Gasteiger partial charge is 0.150 e. The molecule has 3 nitrogen and oxygen atoms in total. The molecule has 3 heterocycles. The maximum Gasteiger partial charge on any atom is 0.150 e. The first-order valence-corrected chi connectivity index (χ1v) is 6.24. The molecule has 3 heteroatoms. The number of carbonyl (C=O) groups excluding carboxylic acids is 1. The van der Waals surface area contributed by atoms with Crippen molar-refractivity contribution in [3.63, 3.8) is 0 Å². The molecule has 3 fully saturated rings. The van der Waals surface area contributed by atoms with Crippen molar-refractivity contribution in [3.8, 4) is 0 Å². The number of nitrogens with zero attached hydrogens (tertiary/aromatic N) is 2. The van der Waals surface area contributed by atoms with Gasteiger partial charge in [-0.2, -0.15) is 0 Å². The fourth-order valence-corrected chi connectivity index (χ4v) is 3.04. The van der Waals surface area contributed by atoms with Gasteiger partial charge in [-0.05, 0) is 25.1 Å². The lowest BCUT2D eigenvalue weighted by Gasteiger charge is -2.55. The van der Waals surface area contributed by atoms with Crippen LogP contribution in [0.1, 0.15) is 22.3 Å². The minimum absolute atomic E-state index is 0.753. The number of rotatable bonds is 3. The highest BCUT2D eigenvalue weighted by Gasteiger charge is 2.41. The highest BCUT2D eigenvalue weighted by molar-refractivity contribution is 5.74. The average molecular weight is 230 g/mol. The van der Waals surface area contributed by atoms with Gasteiger partial charge in [0.25, 0.3) is 0 Å². The van der Waals surface area contributed by atoms with Crippen LogP contribution in [0.4, 0.5) is 0 Å². The molecule has 17 heavy (non-hydrogen) atoms. The molecule has 0 amide bonds.